The van der Waals surface area contributed by atoms with Crippen molar-refractivity contribution in [2.45, 2.75) is 19.4 Å². The molecule has 0 aliphatic carbocycles. The summed E-state index contributed by atoms with van der Waals surface area (Å²) in [6.45, 7) is 2.60. The highest BCUT2D eigenvalue weighted by Gasteiger charge is 2.18. The van der Waals surface area contributed by atoms with Crippen molar-refractivity contribution in [3.8, 4) is 0 Å². The number of hydrogen-bond donors (Lipinski definition) is 1. The third kappa shape index (κ3) is 4.50. The molecule has 0 amide bonds. The number of rotatable bonds is 4. The van der Waals surface area contributed by atoms with Crippen LogP contribution in [0.2, 0.25) is 10.0 Å². The van der Waals surface area contributed by atoms with Crippen molar-refractivity contribution >= 4 is 29.3 Å². The minimum Gasteiger partial charge on any atom is -0.327 e. The van der Waals surface area contributed by atoms with E-state index in [4.69, 9.17) is 23.2 Å². The summed E-state index contributed by atoms with van der Waals surface area (Å²) in [5.74, 6) is 0.551. The lowest BCUT2D eigenvalue weighted by Gasteiger charge is -2.30. The Morgan fingerprint density at radius 1 is 1.21 bits per heavy atom. The minimum atomic E-state index is -0.0554. The van der Waals surface area contributed by atoms with Gasteiger partial charge in [-0.15, -0.1) is 0 Å². The molecule has 0 spiro atoms. The lowest BCUT2D eigenvalue weighted by molar-refractivity contribution is 0.195. The summed E-state index contributed by atoms with van der Waals surface area (Å²) >= 11 is 12.1. The van der Waals surface area contributed by atoms with E-state index < -0.39 is 0 Å². The van der Waals surface area contributed by atoms with Crippen LogP contribution >= 0.6 is 23.2 Å². The van der Waals surface area contributed by atoms with Crippen LogP contribution < -0.4 is 5.56 Å². The second kappa shape index (κ2) is 8.02. The van der Waals surface area contributed by atoms with E-state index in [1.807, 2.05) is 24.3 Å². The Balaban J connectivity index is 1.55. The molecule has 24 heavy (non-hydrogen) atoms. The molecule has 3 rings (SSSR count). The monoisotopic (exact) mass is 362 g/mol. The molecule has 2 heterocycles. The van der Waals surface area contributed by atoms with E-state index in [0.717, 1.165) is 42.1 Å². The summed E-state index contributed by atoms with van der Waals surface area (Å²) in [5.41, 5.74) is 1.74. The second-order valence-corrected chi connectivity index (χ2v) is 7.01. The molecule has 0 bridgehead atoms. The average molecular weight is 363 g/mol. The Morgan fingerprint density at radius 2 is 1.96 bits per heavy atom. The van der Waals surface area contributed by atoms with Gasteiger partial charge in [-0.3, -0.25) is 9.69 Å². The molecule has 0 saturated carbocycles. The molecule has 1 aromatic carbocycles. The van der Waals surface area contributed by atoms with Crippen molar-refractivity contribution in [2.24, 2.45) is 5.92 Å². The number of aromatic nitrogens is 1. The summed E-state index contributed by atoms with van der Waals surface area (Å²) in [6, 6.07) is 9.63. The first-order valence-corrected chi connectivity index (χ1v) is 8.89. The molecule has 0 unspecified atom stereocenters. The molecule has 3 nitrogen and oxygen atoms in total. The number of nitrogens with one attached hydrogen (secondary N) is 1. The zero-order valence-corrected chi connectivity index (χ0v) is 14.9. The average Bonchev–Trinajstić information content (AvgIpc) is 2.59. The van der Waals surface area contributed by atoms with Crippen molar-refractivity contribution in [1.29, 1.82) is 0 Å². The maximum Gasteiger partial charge on any atom is 0.252 e. The summed E-state index contributed by atoms with van der Waals surface area (Å²) in [4.78, 5) is 16.8. The molecule has 1 aliphatic rings. The van der Waals surface area contributed by atoms with Crippen LogP contribution in [-0.2, 0) is 6.54 Å². The van der Waals surface area contributed by atoms with Gasteiger partial charge in [0.1, 0.15) is 0 Å². The Kier molecular flexibility index (Phi) is 5.77. The normalized spacial score (nSPS) is 16.8. The molecule has 5 heteroatoms. The van der Waals surface area contributed by atoms with Crippen LogP contribution in [0.3, 0.4) is 0 Å². The summed E-state index contributed by atoms with van der Waals surface area (Å²) < 4.78 is 0. The highest BCUT2D eigenvalue weighted by Crippen LogP contribution is 2.23. The van der Waals surface area contributed by atoms with Crippen LogP contribution in [0.15, 0.2) is 47.4 Å². The van der Waals surface area contributed by atoms with E-state index in [2.05, 4.69) is 22.0 Å². The van der Waals surface area contributed by atoms with Gasteiger partial charge in [0.15, 0.2) is 0 Å². The Hall–Kier alpha value is -1.55. The third-order valence-electron chi connectivity index (χ3n) is 4.42. The highest BCUT2D eigenvalue weighted by molar-refractivity contribution is 6.32. The van der Waals surface area contributed by atoms with Crippen molar-refractivity contribution in [3.63, 3.8) is 0 Å². The number of likely N-dealkylation sites (tertiary alicyclic amines) is 1. The van der Waals surface area contributed by atoms with Gasteiger partial charge >= 0.3 is 0 Å². The van der Waals surface area contributed by atoms with Crippen molar-refractivity contribution in [3.05, 3.63) is 74.1 Å². The van der Waals surface area contributed by atoms with E-state index in [0.29, 0.717) is 17.5 Å². The Labute approximate surface area is 151 Å². The number of halogens is 2. The number of hydrogen-bond acceptors (Lipinski definition) is 2. The second-order valence-electron chi connectivity index (χ2n) is 6.17. The molecule has 1 fully saturated rings. The summed E-state index contributed by atoms with van der Waals surface area (Å²) in [7, 11) is 0. The Bertz CT molecular complexity index is 777. The van der Waals surface area contributed by atoms with Crippen molar-refractivity contribution in [2.75, 3.05) is 13.1 Å². The van der Waals surface area contributed by atoms with Crippen LogP contribution in [0, 0.1) is 5.92 Å². The first-order chi connectivity index (χ1) is 11.6. The summed E-state index contributed by atoms with van der Waals surface area (Å²) in [6.07, 6.45) is 8.06. The largest absolute Gasteiger partial charge is 0.327 e. The lowest BCUT2D eigenvalue weighted by atomic mass is 9.95. The fraction of sp³-hybridized carbons (Fsp3) is 0.316. The summed E-state index contributed by atoms with van der Waals surface area (Å²) in [5, 5.41) is 1.36. The van der Waals surface area contributed by atoms with Crippen LogP contribution in [0.5, 0.6) is 0 Å². The zero-order chi connectivity index (χ0) is 16.9. The third-order valence-corrected chi connectivity index (χ3v) is 4.99. The fourth-order valence-corrected chi connectivity index (χ4v) is 3.40. The molecule has 1 saturated heterocycles. The van der Waals surface area contributed by atoms with Crippen LogP contribution in [0.4, 0.5) is 0 Å². The smallest absolute Gasteiger partial charge is 0.252 e. The van der Waals surface area contributed by atoms with Gasteiger partial charge in [-0.1, -0.05) is 53.6 Å². The van der Waals surface area contributed by atoms with Gasteiger partial charge in [0.2, 0.25) is 0 Å². The molecule has 0 atom stereocenters. The number of piperidine rings is 1. The van der Waals surface area contributed by atoms with Gasteiger partial charge < -0.3 is 4.98 Å². The molecule has 126 valence electrons. The molecular formula is C19H20Cl2N2O. The van der Waals surface area contributed by atoms with E-state index >= 15 is 0 Å². The molecular weight excluding hydrogens is 343 g/mol. The van der Waals surface area contributed by atoms with E-state index in [-0.39, 0.29) is 5.56 Å². The van der Waals surface area contributed by atoms with Gasteiger partial charge in [0, 0.05) is 23.3 Å². The molecule has 2 aromatic rings. The lowest BCUT2D eigenvalue weighted by Crippen LogP contribution is -2.34. The van der Waals surface area contributed by atoms with Crippen molar-refractivity contribution < 1.29 is 0 Å². The molecule has 0 radical (unpaired) electrons. The standard InChI is InChI=1S/C19H20Cl2N2O/c20-17-11-16(19(24)22-12-17)13-23-9-7-14(8-10-23)5-6-15-3-1-2-4-18(15)21/h1-6,11-12,14H,7-10,13H2,(H,22,24)/b6-5+. The number of benzene rings is 1. The van der Waals surface area contributed by atoms with Gasteiger partial charge in [0.05, 0.1) is 5.02 Å². The van der Waals surface area contributed by atoms with Crippen LogP contribution in [-0.4, -0.2) is 23.0 Å². The SMILES string of the molecule is O=c1[nH]cc(Cl)cc1CN1CCC(/C=C/c2ccccc2Cl)CC1. The highest BCUT2D eigenvalue weighted by atomic mass is 35.5. The quantitative estimate of drug-likeness (QED) is 0.861. The van der Waals surface area contributed by atoms with Crippen LogP contribution in [0.1, 0.15) is 24.0 Å². The van der Waals surface area contributed by atoms with Gasteiger partial charge in [-0.25, -0.2) is 0 Å². The van der Waals surface area contributed by atoms with Gasteiger partial charge in [0.25, 0.3) is 5.56 Å². The molecule has 1 N–H and O–H groups in total. The predicted molar refractivity (Wildman–Crippen MR) is 101 cm³/mol. The maximum absolute atomic E-state index is 11.8. The number of pyridine rings is 1. The molecule has 1 aliphatic heterocycles. The first-order valence-electron chi connectivity index (χ1n) is 8.14. The van der Waals surface area contributed by atoms with E-state index in [1.165, 1.54) is 6.20 Å². The Morgan fingerprint density at radius 3 is 2.71 bits per heavy atom. The van der Waals surface area contributed by atoms with E-state index in [1.54, 1.807) is 6.07 Å². The number of nitrogens with zero attached hydrogens (tertiary/aromatic N) is 1. The number of aromatic amines is 1. The maximum atomic E-state index is 11.8. The predicted octanol–water partition coefficient (Wildman–Crippen LogP) is 4.61. The van der Waals surface area contributed by atoms with Crippen molar-refractivity contribution in [1.82, 2.24) is 9.88 Å². The van der Waals surface area contributed by atoms with Crippen LogP contribution in [0.25, 0.3) is 6.08 Å². The number of allylic oxidation sites excluding steroid dienone is 1. The van der Waals surface area contributed by atoms with Gasteiger partial charge in [-0.05, 0) is 49.5 Å². The molecule has 1 aromatic heterocycles. The van der Waals surface area contributed by atoms with Gasteiger partial charge in [-0.2, -0.15) is 0 Å². The van der Waals surface area contributed by atoms with E-state index in [9.17, 15) is 4.79 Å². The zero-order valence-electron chi connectivity index (χ0n) is 13.3. The number of H-pyrrole nitrogens is 1. The first kappa shape index (κ1) is 17.3. The minimum absolute atomic E-state index is 0.0554. The topological polar surface area (TPSA) is 36.1 Å². The fourth-order valence-electron chi connectivity index (χ4n) is 3.01.